The van der Waals surface area contributed by atoms with Gasteiger partial charge in [0.15, 0.2) is 5.78 Å². The van der Waals surface area contributed by atoms with Crippen LogP contribution in [0.25, 0.3) is 0 Å². The predicted molar refractivity (Wildman–Crippen MR) is 119 cm³/mol. The van der Waals surface area contributed by atoms with Crippen LogP contribution < -0.4 is 15.4 Å². The third-order valence-electron chi connectivity index (χ3n) is 5.26. The SMILES string of the molecule is C=C(NCc1cccc2c1C(=O)N(C(CCC=O)C(C)=O)C2=O)Nc1ccccc1OC. The lowest BCUT2D eigenvalue weighted by Crippen LogP contribution is -2.44. The highest BCUT2D eigenvalue weighted by Gasteiger charge is 2.42. The molecule has 1 aliphatic heterocycles. The number of ether oxygens (including phenoxy) is 1. The van der Waals surface area contributed by atoms with Crippen molar-refractivity contribution < 1.29 is 23.9 Å². The molecule has 32 heavy (non-hydrogen) atoms. The highest BCUT2D eigenvalue weighted by Crippen LogP contribution is 2.29. The molecule has 0 aromatic heterocycles. The number of anilines is 1. The first-order chi connectivity index (χ1) is 15.4. The monoisotopic (exact) mass is 435 g/mol. The number of Topliss-reactive ketones (excluding diaryl/α,β-unsaturated/α-hetero) is 1. The quantitative estimate of drug-likeness (QED) is 0.413. The van der Waals surface area contributed by atoms with E-state index in [1.807, 2.05) is 24.3 Å². The summed E-state index contributed by atoms with van der Waals surface area (Å²) in [6, 6.07) is 11.4. The first kappa shape index (κ1) is 22.7. The molecule has 166 valence electrons. The number of nitrogens with one attached hydrogen (secondary N) is 2. The van der Waals surface area contributed by atoms with Gasteiger partial charge in [0.05, 0.1) is 35.8 Å². The second kappa shape index (κ2) is 9.91. The summed E-state index contributed by atoms with van der Waals surface area (Å²) in [7, 11) is 1.57. The van der Waals surface area contributed by atoms with E-state index in [0.717, 1.165) is 10.6 Å². The fraction of sp³-hybridized carbons (Fsp3) is 0.250. The van der Waals surface area contributed by atoms with Crippen LogP contribution in [0, 0.1) is 0 Å². The van der Waals surface area contributed by atoms with Gasteiger partial charge in [0.2, 0.25) is 0 Å². The molecule has 0 saturated heterocycles. The second-order valence-electron chi connectivity index (χ2n) is 7.35. The first-order valence-corrected chi connectivity index (χ1v) is 10.2. The lowest BCUT2D eigenvalue weighted by Gasteiger charge is -2.23. The third-order valence-corrected chi connectivity index (χ3v) is 5.26. The number of aldehydes is 1. The largest absolute Gasteiger partial charge is 0.495 e. The Labute approximate surface area is 186 Å². The van der Waals surface area contributed by atoms with Crippen molar-refractivity contribution in [1.82, 2.24) is 10.2 Å². The van der Waals surface area contributed by atoms with Gasteiger partial charge in [-0.3, -0.25) is 19.3 Å². The zero-order chi connectivity index (χ0) is 23.3. The van der Waals surface area contributed by atoms with E-state index < -0.39 is 17.9 Å². The van der Waals surface area contributed by atoms with Crippen LogP contribution in [0.5, 0.6) is 5.75 Å². The van der Waals surface area contributed by atoms with Crippen LogP contribution in [0.15, 0.2) is 54.9 Å². The summed E-state index contributed by atoms with van der Waals surface area (Å²) in [5.74, 6) is -0.262. The number of hydrogen-bond donors (Lipinski definition) is 2. The summed E-state index contributed by atoms with van der Waals surface area (Å²) in [6.07, 6.45) is 0.863. The van der Waals surface area contributed by atoms with Crippen LogP contribution in [0.2, 0.25) is 0 Å². The maximum atomic E-state index is 13.1. The second-order valence-corrected chi connectivity index (χ2v) is 7.35. The number of carbonyl (C=O) groups excluding carboxylic acids is 4. The van der Waals surface area contributed by atoms with Crippen molar-refractivity contribution in [3.8, 4) is 5.75 Å². The molecule has 0 fully saturated rings. The summed E-state index contributed by atoms with van der Waals surface area (Å²) >= 11 is 0. The van der Waals surface area contributed by atoms with Gasteiger partial charge >= 0.3 is 0 Å². The van der Waals surface area contributed by atoms with Crippen LogP contribution in [0.1, 0.15) is 46.0 Å². The number of nitrogens with zero attached hydrogens (tertiary/aromatic N) is 1. The highest BCUT2D eigenvalue weighted by molar-refractivity contribution is 6.23. The smallest absolute Gasteiger partial charge is 0.262 e. The molecular formula is C24H25N3O5. The van der Waals surface area contributed by atoms with Crippen LogP contribution >= 0.6 is 0 Å². The summed E-state index contributed by atoms with van der Waals surface area (Å²) in [4.78, 5) is 49.9. The van der Waals surface area contributed by atoms with E-state index in [9.17, 15) is 19.2 Å². The number of ketones is 1. The molecule has 1 aliphatic rings. The number of rotatable bonds is 11. The molecule has 1 atom stereocenters. The summed E-state index contributed by atoms with van der Waals surface area (Å²) in [5.41, 5.74) is 1.83. The molecule has 3 rings (SSSR count). The molecule has 0 aliphatic carbocycles. The minimum Gasteiger partial charge on any atom is -0.495 e. The Kier molecular flexibility index (Phi) is 7.04. The third kappa shape index (κ3) is 4.54. The van der Waals surface area contributed by atoms with Gasteiger partial charge in [0, 0.05) is 13.0 Å². The number of para-hydroxylation sites is 2. The molecule has 2 amide bonds. The molecular weight excluding hydrogens is 410 g/mol. The maximum Gasteiger partial charge on any atom is 0.262 e. The van der Waals surface area contributed by atoms with E-state index in [1.54, 1.807) is 25.3 Å². The number of amides is 2. The standard InChI is InChI=1S/C24H25N3O5/c1-15(29)20(11-7-13-28)27-23(30)18-9-6-8-17(22(18)24(27)31)14-25-16(2)26-19-10-4-5-12-21(19)32-3/h4-6,8-10,12-13,20,25-26H,2,7,11,14H2,1,3H3. The Balaban J connectivity index is 1.78. The zero-order valence-corrected chi connectivity index (χ0v) is 18.0. The minimum atomic E-state index is -0.962. The number of hydrogen-bond acceptors (Lipinski definition) is 7. The summed E-state index contributed by atoms with van der Waals surface area (Å²) in [6.45, 7) is 5.50. The molecule has 0 bridgehead atoms. The average Bonchev–Trinajstić information content (AvgIpc) is 3.04. The van der Waals surface area contributed by atoms with Crippen LogP contribution in [-0.2, 0) is 16.1 Å². The fourth-order valence-electron chi connectivity index (χ4n) is 3.70. The predicted octanol–water partition coefficient (Wildman–Crippen LogP) is 2.90. The van der Waals surface area contributed by atoms with Gasteiger partial charge in [-0.2, -0.15) is 0 Å². The van der Waals surface area contributed by atoms with Crippen LogP contribution in [0.3, 0.4) is 0 Å². The molecule has 8 nitrogen and oxygen atoms in total. The molecule has 8 heteroatoms. The van der Waals surface area contributed by atoms with E-state index >= 15 is 0 Å². The number of carbonyl (C=O) groups is 4. The average molecular weight is 435 g/mol. The number of imide groups is 1. The van der Waals surface area contributed by atoms with Gasteiger partial charge in [-0.15, -0.1) is 0 Å². The topological polar surface area (TPSA) is 105 Å². The minimum absolute atomic E-state index is 0.0838. The van der Waals surface area contributed by atoms with Crippen molar-refractivity contribution in [2.24, 2.45) is 0 Å². The molecule has 0 radical (unpaired) electrons. The van der Waals surface area contributed by atoms with Crippen molar-refractivity contribution in [3.05, 3.63) is 71.6 Å². The van der Waals surface area contributed by atoms with Gasteiger partial charge < -0.3 is 20.2 Å². The molecule has 2 aromatic rings. The Bertz CT molecular complexity index is 1080. The van der Waals surface area contributed by atoms with Gasteiger partial charge in [0.1, 0.15) is 12.0 Å². The van der Waals surface area contributed by atoms with Gasteiger partial charge in [-0.25, -0.2) is 0 Å². The lowest BCUT2D eigenvalue weighted by atomic mass is 10.0. The van der Waals surface area contributed by atoms with Crippen LogP contribution in [0.4, 0.5) is 5.69 Å². The molecule has 1 unspecified atom stereocenters. The molecule has 2 aromatic carbocycles. The fourth-order valence-corrected chi connectivity index (χ4v) is 3.70. The van der Waals surface area contributed by atoms with Crippen molar-refractivity contribution in [3.63, 3.8) is 0 Å². The molecule has 0 spiro atoms. The van der Waals surface area contributed by atoms with E-state index in [0.29, 0.717) is 23.4 Å². The summed E-state index contributed by atoms with van der Waals surface area (Å²) in [5, 5.41) is 6.22. The maximum absolute atomic E-state index is 13.1. The summed E-state index contributed by atoms with van der Waals surface area (Å²) < 4.78 is 5.31. The van der Waals surface area contributed by atoms with Crippen LogP contribution in [-0.4, -0.2) is 41.9 Å². The highest BCUT2D eigenvalue weighted by atomic mass is 16.5. The van der Waals surface area contributed by atoms with Crippen molar-refractivity contribution in [1.29, 1.82) is 0 Å². The van der Waals surface area contributed by atoms with Gasteiger partial charge in [-0.05, 0) is 37.1 Å². The van der Waals surface area contributed by atoms with Crippen molar-refractivity contribution in [2.45, 2.75) is 32.4 Å². The number of methoxy groups -OCH3 is 1. The van der Waals surface area contributed by atoms with E-state index in [1.165, 1.54) is 6.92 Å². The Morgan fingerprint density at radius 3 is 2.59 bits per heavy atom. The van der Waals surface area contributed by atoms with E-state index in [4.69, 9.17) is 4.74 Å². The molecule has 2 N–H and O–H groups in total. The Morgan fingerprint density at radius 1 is 1.16 bits per heavy atom. The van der Waals surface area contributed by atoms with E-state index in [2.05, 4.69) is 17.2 Å². The first-order valence-electron chi connectivity index (χ1n) is 10.2. The normalized spacial score (nSPS) is 13.4. The Hall–Kier alpha value is -3.94. The van der Waals surface area contributed by atoms with Gasteiger partial charge in [0.25, 0.3) is 11.8 Å². The Morgan fingerprint density at radius 2 is 1.91 bits per heavy atom. The zero-order valence-electron chi connectivity index (χ0n) is 18.0. The number of benzene rings is 2. The van der Waals surface area contributed by atoms with Crippen molar-refractivity contribution in [2.75, 3.05) is 12.4 Å². The number of fused-ring (bicyclic) bond motifs is 1. The molecule has 0 saturated carbocycles. The van der Waals surface area contributed by atoms with Crippen molar-refractivity contribution >= 4 is 29.6 Å². The van der Waals surface area contributed by atoms with E-state index in [-0.39, 0.29) is 36.3 Å². The van der Waals surface area contributed by atoms with Gasteiger partial charge in [-0.1, -0.05) is 30.8 Å². The lowest BCUT2D eigenvalue weighted by molar-refractivity contribution is -0.121. The molecule has 1 heterocycles.